The second-order valence-corrected chi connectivity index (χ2v) is 10.0. The van der Waals surface area contributed by atoms with Gasteiger partial charge in [-0.2, -0.15) is 0 Å². The second kappa shape index (κ2) is 9.41. The molecule has 36 heavy (non-hydrogen) atoms. The fourth-order valence-electron chi connectivity index (χ4n) is 4.90. The van der Waals surface area contributed by atoms with Crippen LogP contribution in [0.25, 0.3) is 42.3 Å². The van der Waals surface area contributed by atoms with Gasteiger partial charge in [0.15, 0.2) is 11.3 Å². The number of carbonyl (C=O) groups is 1. The van der Waals surface area contributed by atoms with E-state index in [1.807, 2.05) is 49.4 Å². The van der Waals surface area contributed by atoms with Gasteiger partial charge in [-0.05, 0) is 24.6 Å². The van der Waals surface area contributed by atoms with Crippen LogP contribution in [0.2, 0.25) is 0 Å². The molecule has 0 saturated carbocycles. The SMILES string of the molecule is CCCC(=O)Nc1ccc(-c2cccc3c(=O)cc(N4CCOCC4)oc23)c2sc3ccccc3c12. The molecular weight excluding hydrogens is 472 g/mol. The molecule has 1 aliphatic rings. The normalized spacial score (nSPS) is 14.1. The summed E-state index contributed by atoms with van der Waals surface area (Å²) in [5.74, 6) is 0.576. The van der Waals surface area contributed by atoms with Gasteiger partial charge < -0.3 is 19.4 Å². The topological polar surface area (TPSA) is 71.8 Å². The van der Waals surface area contributed by atoms with Crippen LogP contribution in [-0.2, 0) is 9.53 Å². The van der Waals surface area contributed by atoms with E-state index in [4.69, 9.17) is 9.15 Å². The first-order valence-electron chi connectivity index (χ1n) is 12.3. The van der Waals surface area contributed by atoms with Gasteiger partial charge in [0.05, 0.1) is 24.3 Å². The van der Waals surface area contributed by atoms with E-state index >= 15 is 0 Å². The molecule has 6 nitrogen and oxygen atoms in total. The second-order valence-electron chi connectivity index (χ2n) is 8.99. The van der Waals surface area contributed by atoms with E-state index in [1.54, 1.807) is 17.4 Å². The molecule has 0 aliphatic carbocycles. The first kappa shape index (κ1) is 22.8. The number of para-hydroxylation sites is 1. The number of anilines is 2. The van der Waals surface area contributed by atoms with Crippen LogP contribution >= 0.6 is 11.3 Å². The fraction of sp³-hybridized carbons (Fsp3) is 0.241. The van der Waals surface area contributed by atoms with Crippen LogP contribution in [-0.4, -0.2) is 32.2 Å². The van der Waals surface area contributed by atoms with Crippen LogP contribution in [0.1, 0.15) is 19.8 Å². The highest BCUT2D eigenvalue weighted by atomic mass is 32.1. The van der Waals surface area contributed by atoms with Crippen LogP contribution in [0, 0.1) is 0 Å². The van der Waals surface area contributed by atoms with E-state index in [-0.39, 0.29) is 11.3 Å². The lowest BCUT2D eigenvalue weighted by Crippen LogP contribution is -2.36. The lowest BCUT2D eigenvalue weighted by Gasteiger charge is -2.27. The molecule has 3 aromatic carbocycles. The molecule has 1 saturated heterocycles. The molecule has 2 aromatic heterocycles. The van der Waals surface area contributed by atoms with Gasteiger partial charge in [0.25, 0.3) is 0 Å². The average Bonchev–Trinajstić information content (AvgIpc) is 3.29. The molecule has 1 aliphatic heterocycles. The molecule has 5 aromatic rings. The largest absolute Gasteiger partial charge is 0.440 e. The lowest BCUT2D eigenvalue weighted by molar-refractivity contribution is -0.116. The quantitative estimate of drug-likeness (QED) is 0.303. The molecule has 0 spiro atoms. The predicted octanol–water partition coefficient (Wildman–Crippen LogP) is 6.40. The number of nitrogens with zero attached hydrogens (tertiary/aromatic N) is 1. The van der Waals surface area contributed by atoms with Gasteiger partial charge >= 0.3 is 0 Å². The highest BCUT2D eigenvalue weighted by molar-refractivity contribution is 7.26. The molecule has 7 heteroatoms. The van der Waals surface area contributed by atoms with Crippen molar-refractivity contribution in [2.75, 3.05) is 36.5 Å². The summed E-state index contributed by atoms with van der Waals surface area (Å²) in [6.07, 6.45) is 1.27. The Bertz CT molecular complexity index is 1660. The van der Waals surface area contributed by atoms with E-state index in [2.05, 4.69) is 22.3 Å². The molecule has 1 fully saturated rings. The van der Waals surface area contributed by atoms with Crippen molar-refractivity contribution in [3.8, 4) is 11.1 Å². The summed E-state index contributed by atoms with van der Waals surface area (Å²) in [4.78, 5) is 27.7. The Hall–Kier alpha value is -3.68. The molecule has 0 unspecified atom stereocenters. The van der Waals surface area contributed by atoms with E-state index in [0.29, 0.717) is 49.6 Å². The number of amides is 1. The zero-order valence-corrected chi connectivity index (χ0v) is 20.8. The van der Waals surface area contributed by atoms with Crippen molar-refractivity contribution < 1.29 is 13.9 Å². The molecular formula is C29H26N2O4S. The zero-order chi connectivity index (χ0) is 24.6. The van der Waals surface area contributed by atoms with Gasteiger partial charge in [0, 0.05) is 56.9 Å². The Morgan fingerprint density at radius 3 is 2.64 bits per heavy atom. The van der Waals surface area contributed by atoms with Crippen molar-refractivity contribution in [1.82, 2.24) is 0 Å². The van der Waals surface area contributed by atoms with Gasteiger partial charge in [-0.25, -0.2) is 0 Å². The Morgan fingerprint density at radius 2 is 1.81 bits per heavy atom. The number of carbonyl (C=O) groups excluding carboxylic acids is 1. The number of fused-ring (bicyclic) bond motifs is 4. The van der Waals surface area contributed by atoms with E-state index in [9.17, 15) is 9.59 Å². The highest BCUT2D eigenvalue weighted by Gasteiger charge is 2.20. The maximum Gasteiger partial charge on any atom is 0.224 e. The summed E-state index contributed by atoms with van der Waals surface area (Å²) < 4.78 is 14.1. The fourth-order valence-corrected chi connectivity index (χ4v) is 6.16. The van der Waals surface area contributed by atoms with Crippen molar-refractivity contribution >= 4 is 60.0 Å². The Labute approximate surface area is 212 Å². The number of nitrogens with one attached hydrogen (secondary N) is 1. The Balaban J connectivity index is 1.59. The lowest BCUT2D eigenvalue weighted by atomic mass is 9.99. The molecule has 1 N–H and O–H groups in total. The third kappa shape index (κ3) is 3.94. The van der Waals surface area contributed by atoms with Crippen LogP contribution in [0.4, 0.5) is 11.6 Å². The van der Waals surface area contributed by atoms with E-state index < -0.39 is 0 Å². The standard InChI is InChI=1S/C29H26N2O4S/c1-2-6-25(33)30-22-12-11-19(29-27(22)21-7-3-4-10-24(21)36-29)18-8-5-9-20-23(32)17-26(35-28(18)20)31-13-15-34-16-14-31/h3-5,7-12,17H,2,6,13-16H2,1H3,(H,30,33). The maximum atomic E-state index is 13.1. The first-order valence-corrected chi connectivity index (χ1v) is 13.1. The van der Waals surface area contributed by atoms with Crippen molar-refractivity contribution in [3.63, 3.8) is 0 Å². The summed E-state index contributed by atoms with van der Waals surface area (Å²) >= 11 is 1.68. The summed E-state index contributed by atoms with van der Waals surface area (Å²) in [5.41, 5.74) is 3.17. The average molecular weight is 499 g/mol. The number of rotatable bonds is 5. The summed E-state index contributed by atoms with van der Waals surface area (Å²) in [6.45, 7) is 4.58. The van der Waals surface area contributed by atoms with Gasteiger partial charge in [-0.3, -0.25) is 9.59 Å². The molecule has 3 heterocycles. The molecule has 0 atom stereocenters. The summed E-state index contributed by atoms with van der Waals surface area (Å²) in [5, 5.41) is 5.79. The first-order chi connectivity index (χ1) is 17.6. The monoisotopic (exact) mass is 498 g/mol. The Morgan fingerprint density at radius 1 is 1.00 bits per heavy atom. The zero-order valence-electron chi connectivity index (χ0n) is 20.0. The van der Waals surface area contributed by atoms with Gasteiger partial charge in [0.1, 0.15) is 5.58 Å². The van der Waals surface area contributed by atoms with Crippen molar-refractivity contribution in [1.29, 1.82) is 0 Å². The highest BCUT2D eigenvalue weighted by Crippen LogP contribution is 2.45. The third-order valence-corrected chi connectivity index (χ3v) is 7.84. The van der Waals surface area contributed by atoms with Gasteiger partial charge in [-0.15, -0.1) is 11.3 Å². The molecule has 6 rings (SSSR count). The molecule has 182 valence electrons. The summed E-state index contributed by atoms with van der Waals surface area (Å²) in [6, 6.07) is 19.5. The third-order valence-electron chi connectivity index (χ3n) is 6.63. The predicted molar refractivity (Wildman–Crippen MR) is 147 cm³/mol. The summed E-state index contributed by atoms with van der Waals surface area (Å²) in [7, 11) is 0. The number of ether oxygens (including phenoxy) is 1. The van der Waals surface area contributed by atoms with E-state index in [0.717, 1.165) is 43.4 Å². The number of morpholine rings is 1. The van der Waals surface area contributed by atoms with Crippen molar-refractivity contribution in [3.05, 3.63) is 70.9 Å². The van der Waals surface area contributed by atoms with Crippen LogP contribution in [0.3, 0.4) is 0 Å². The van der Waals surface area contributed by atoms with Crippen molar-refractivity contribution in [2.45, 2.75) is 19.8 Å². The minimum absolute atomic E-state index is 0.00754. The van der Waals surface area contributed by atoms with Crippen LogP contribution in [0.5, 0.6) is 0 Å². The van der Waals surface area contributed by atoms with Crippen LogP contribution < -0.4 is 15.6 Å². The number of hydrogen-bond donors (Lipinski definition) is 1. The molecule has 1 amide bonds. The smallest absolute Gasteiger partial charge is 0.224 e. The van der Waals surface area contributed by atoms with Gasteiger partial charge in [0.2, 0.25) is 5.91 Å². The number of benzene rings is 3. The Kier molecular flexibility index (Phi) is 5.95. The molecule has 0 radical (unpaired) electrons. The van der Waals surface area contributed by atoms with E-state index in [1.165, 1.54) is 0 Å². The number of thiophene rings is 1. The minimum Gasteiger partial charge on any atom is -0.440 e. The number of hydrogen-bond acceptors (Lipinski definition) is 6. The minimum atomic E-state index is -0.0596. The van der Waals surface area contributed by atoms with Crippen LogP contribution in [0.15, 0.2) is 69.9 Å². The maximum absolute atomic E-state index is 13.1. The van der Waals surface area contributed by atoms with Gasteiger partial charge in [-0.1, -0.05) is 43.3 Å². The van der Waals surface area contributed by atoms with Crippen molar-refractivity contribution in [2.24, 2.45) is 0 Å². The molecule has 0 bridgehead atoms.